The first-order chi connectivity index (χ1) is 9.56. The summed E-state index contributed by atoms with van der Waals surface area (Å²) < 4.78 is 5.26. The summed E-state index contributed by atoms with van der Waals surface area (Å²) in [4.78, 5) is 25.0. The van der Waals surface area contributed by atoms with Crippen LogP contribution >= 0.6 is 0 Å². The average molecular weight is 293 g/mol. The van der Waals surface area contributed by atoms with Crippen molar-refractivity contribution in [1.82, 2.24) is 4.90 Å². The van der Waals surface area contributed by atoms with Gasteiger partial charge in [0.1, 0.15) is 11.1 Å². The fourth-order valence-corrected chi connectivity index (χ4v) is 1.86. The molecule has 1 N–H and O–H groups in total. The predicted molar refractivity (Wildman–Crippen MR) is 80.2 cm³/mol. The number of carbonyl (C=O) groups is 2. The molecular formula is C16H23NO4. The number of hydrogen-bond acceptors (Lipinski definition) is 3. The highest BCUT2D eigenvalue weighted by atomic mass is 16.6. The minimum Gasteiger partial charge on any atom is -0.479 e. The van der Waals surface area contributed by atoms with E-state index in [2.05, 4.69) is 0 Å². The van der Waals surface area contributed by atoms with Crippen molar-refractivity contribution < 1.29 is 19.4 Å². The lowest BCUT2D eigenvalue weighted by molar-refractivity contribution is -0.149. The molecule has 0 heterocycles. The van der Waals surface area contributed by atoms with Crippen molar-refractivity contribution in [3.05, 3.63) is 35.9 Å². The first kappa shape index (κ1) is 17.0. The molecule has 0 aromatic heterocycles. The zero-order valence-electron chi connectivity index (χ0n) is 13.2. The number of carbonyl (C=O) groups excluding carboxylic acids is 1. The second-order valence-corrected chi connectivity index (χ2v) is 6.28. The highest BCUT2D eigenvalue weighted by Gasteiger charge is 2.42. The quantitative estimate of drug-likeness (QED) is 0.927. The molecule has 1 unspecified atom stereocenters. The van der Waals surface area contributed by atoms with Gasteiger partial charge in [0.2, 0.25) is 0 Å². The fourth-order valence-electron chi connectivity index (χ4n) is 1.86. The van der Waals surface area contributed by atoms with Crippen molar-refractivity contribution in [2.24, 2.45) is 0 Å². The SMILES string of the molecule is CN(C(=O)OC(C)(C)C)C(C)(Cc1ccccc1)C(=O)O. The van der Waals surface area contributed by atoms with Crippen LogP contribution in [0.1, 0.15) is 33.3 Å². The molecule has 0 fully saturated rings. The lowest BCUT2D eigenvalue weighted by Gasteiger charge is -2.36. The number of aliphatic carboxylic acids is 1. The third-order valence-electron chi connectivity index (χ3n) is 3.26. The van der Waals surface area contributed by atoms with Gasteiger partial charge in [-0.3, -0.25) is 4.90 Å². The van der Waals surface area contributed by atoms with E-state index in [1.54, 1.807) is 20.8 Å². The van der Waals surface area contributed by atoms with Gasteiger partial charge in [-0.1, -0.05) is 30.3 Å². The maximum absolute atomic E-state index is 12.1. The van der Waals surface area contributed by atoms with Gasteiger partial charge in [-0.05, 0) is 33.3 Å². The molecule has 0 aliphatic rings. The lowest BCUT2D eigenvalue weighted by atomic mass is 9.91. The van der Waals surface area contributed by atoms with Gasteiger partial charge in [-0.2, -0.15) is 0 Å². The van der Waals surface area contributed by atoms with Gasteiger partial charge in [0.05, 0.1) is 0 Å². The molecule has 1 amide bonds. The Morgan fingerprint density at radius 1 is 1.14 bits per heavy atom. The van der Waals surface area contributed by atoms with E-state index in [9.17, 15) is 14.7 Å². The maximum atomic E-state index is 12.1. The van der Waals surface area contributed by atoms with E-state index in [0.717, 1.165) is 10.5 Å². The highest BCUT2D eigenvalue weighted by molar-refractivity contribution is 5.84. The molecule has 116 valence electrons. The summed E-state index contributed by atoms with van der Waals surface area (Å²) >= 11 is 0. The molecule has 1 aromatic rings. The van der Waals surface area contributed by atoms with Crippen LogP contribution in [0.25, 0.3) is 0 Å². The van der Waals surface area contributed by atoms with E-state index < -0.39 is 23.2 Å². The predicted octanol–water partition coefficient (Wildman–Crippen LogP) is 2.94. The zero-order chi connectivity index (χ0) is 16.3. The Bertz CT molecular complexity index is 507. The third kappa shape index (κ3) is 4.48. The van der Waals surface area contributed by atoms with Crippen LogP contribution in [0.15, 0.2) is 30.3 Å². The summed E-state index contributed by atoms with van der Waals surface area (Å²) in [5.41, 5.74) is -1.20. The summed E-state index contributed by atoms with van der Waals surface area (Å²) in [6.07, 6.45) is -0.442. The third-order valence-corrected chi connectivity index (χ3v) is 3.26. The van der Waals surface area contributed by atoms with Gasteiger partial charge in [0, 0.05) is 13.5 Å². The molecule has 1 aromatic carbocycles. The monoisotopic (exact) mass is 293 g/mol. The van der Waals surface area contributed by atoms with E-state index in [1.807, 2.05) is 30.3 Å². The molecular weight excluding hydrogens is 270 g/mol. The number of hydrogen-bond donors (Lipinski definition) is 1. The van der Waals surface area contributed by atoms with Gasteiger partial charge in [0.25, 0.3) is 0 Å². The first-order valence-electron chi connectivity index (χ1n) is 6.80. The Balaban J connectivity index is 2.99. The number of nitrogens with zero attached hydrogens (tertiary/aromatic N) is 1. The minimum atomic E-state index is -1.37. The molecule has 5 nitrogen and oxygen atoms in total. The van der Waals surface area contributed by atoms with Gasteiger partial charge >= 0.3 is 12.1 Å². The van der Waals surface area contributed by atoms with Crippen LogP contribution in [0.3, 0.4) is 0 Å². The minimum absolute atomic E-state index is 0.207. The van der Waals surface area contributed by atoms with Crippen molar-refractivity contribution in [2.75, 3.05) is 7.05 Å². The molecule has 0 spiro atoms. The number of carboxylic acid groups (broad SMARTS) is 1. The molecule has 0 aliphatic carbocycles. The smallest absolute Gasteiger partial charge is 0.410 e. The molecule has 21 heavy (non-hydrogen) atoms. The van der Waals surface area contributed by atoms with Crippen LogP contribution in [0, 0.1) is 0 Å². The highest BCUT2D eigenvalue weighted by Crippen LogP contribution is 2.22. The summed E-state index contributed by atoms with van der Waals surface area (Å²) in [5.74, 6) is -1.07. The summed E-state index contributed by atoms with van der Waals surface area (Å²) in [6.45, 7) is 6.75. The van der Waals surface area contributed by atoms with E-state index in [0.29, 0.717) is 0 Å². The number of carboxylic acids is 1. The van der Waals surface area contributed by atoms with Crippen LogP contribution in [0.2, 0.25) is 0 Å². The van der Waals surface area contributed by atoms with Gasteiger partial charge in [0.15, 0.2) is 0 Å². The number of ether oxygens (including phenoxy) is 1. The lowest BCUT2D eigenvalue weighted by Crippen LogP contribution is -2.55. The number of rotatable bonds is 4. The van der Waals surface area contributed by atoms with Crippen LogP contribution < -0.4 is 0 Å². The van der Waals surface area contributed by atoms with Crippen LogP contribution in [0.5, 0.6) is 0 Å². The molecule has 0 bridgehead atoms. The van der Waals surface area contributed by atoms with Gasteiger partial charge in [-0.15, -0.1) is 0 Å². The van der Waals surface area contributed by atoms with Crippen LogP contribution in [-0.2, 0) is 16.0 Å². The van der Waals surface area contributed by atoms with Gasteiger partial charge in [-0.25, -0.2) is 9.59 Å². The maximum Gasteiger partial charge on any atom is 0.410 e. The number of amides is 1. The van der Waals surface area contributed by atoms with E-state index in [-0.39, 0.29) is 6.42 Å². The van der Waals surface area contributed by atoms with Crippen LogP contribution in [0.4, 0.5) is 4.79 Å². The number of likely N-dealkylation sites (N-methyl/N-ethyl adjacent to an activating group) is 1. The van der Waals surface area contributed by atoms with E-state index >= 15 is 0 Å². The zero-order valence-corrected chi connectivity index (χ0v) is 13.2. The Morgan fingerprint density at radius 3 is 2.10 bits per heavy atom. The van der Waals surface area contributed by atoms with E-state index in [4.69, 9.17) is 4.74 Å². The molecule has 1 rings (SSSR count). The Kier molecular flexibility index (Phi) is 4.99. The Morgan fingerprint density at radius 2 is 1.67 bits per heavy atom. The van der Waals surface area contributed by atoms with Crippen molar-refractivity contribution in [3.63, 3.8) is 0 Å². The fraction of sp³-hybridized carbons (Fsp3) is 0.500. The van der Waals surface area contributed by atoms with Crippen LogP contribution in [-0.4, -0.2) is 40.3 Å². The molecule has 0 radical (unpaired) electrons. The molecule has 1 atom stereocenters. The van der Waals surface area contributed by atoms with Crippen molar-refractivity contribution in [2.45, 2.75) is 45.3 Å². The standard InChI is InChI=1S/C16H23NO4/c1-15(2,3)21-14(20)17(5)16(4,13(18)19)11-12-9-7-6-8-10-12/h6-10H,11H2,1-5H3,(H,18,19). The van der Waals surface area contributed by atoms with Gasteiger partial charge < -0.3 is 9.84 Å². The second kappa shape index (κ2) is 6.16. The Labute approximate surface area is 125 Å². The van der Waals surface area contributed by atoms with E-state index in [1.165, 1.54) is 14.0 Å². The molecule has 0 saturated heterocycles. The largest absolute Gasteiger partial charge is 0.479 e. The van der Waals surface area contributed by atoms with Crippen molar-refractivity contribution in [1.29, 1.82) is 0 Å². The van der Waals surface area contributed by atoms with Crippen molar-refractivity contribution in [3.8, 4) is 0 Å². The van der Waals surface area contributed by atoms with Crippen molar-refractivity contribution >= 4 is 12.1 Å². The summed E-state index contributed by atoms with van der Waals surface area (Å²) in [7, 11) is 1.45. The Hall–Kier alpha value is -2.04. The topological polar surface area (TPSA) is 66.8 Å². The average Bonchev–Trinajstić information content (AvgIpc) is 2.36. The first-order valence-corrected chi connectivity index (χ1v) is 6.80. The molecule has 0 saturated carbocycles. The molecule has 0 aliphatic heterocycles. The second-order valence-electron chi connectivity index (χ2n) is 6.28. The summed E-state index contributed by atoms with van der Waals surface area (Å²) in [5, 5.41) is 9.56. The normalized spacial score (nSPS) is 14.1. The molecule has 5 heteroatoms. The summed E-state index contributed by atoms with van der Waals surface area (Å²) in [6, 6.07) is 9.21. The number of benzene rings is 1.